The van der Waals surface area contributed by atoms with Crippen molar-refractivity contribution in [3.63, 3.8) is 0 Å². The summed E-state index contributed by atoms with van der Waals surface area (Å²) in [6, 6.07) is 3.38. The number of nitrogens with zero attached hydrogens (tertiary/aromatic N) is 3. The molecule has 0 bridgehead atoms. The van der Waals surface area contributed by atoms with E-state index in [9.17, 15) is 8.42 Å². The SMILES string of the molecule is CCn1nc(C)c(S(=O)(=O)Nc2cccnc2C)c1C. The second-order valence-electron chi connectivity index (χ2n) is 4.56. The molecule has 0 aliphatic rings. The lowest BCUT2D eigenvalue weighted by Crippen LogP contribution is -2.16. The van der Waals surface area contributed by atoms with Crippen molar-refractivity contribution >= 4 is 15.7 Å². The molecular formula is C13H18N4O2S. The molecule has 1 N–H and O–H groups in total. The number of aryl methyl sites for hydroxylation is 3. The first-order chi connectivity index (χ1) is 9.36. The van der Waals surface area contributed by atoms with E-state index in [1.807, 2.05) is 6.92 Å². The summed E-state index contributed by atoms with van der Waals surface area (Å²) in [6.07, 6.45) is 1.62. The van der Waals surface area contributed by atoms with Crippen LogP contribution in [0.3, 0.4) is 0 Å². The van der Waals surface area contributed by atoms with Gasteiger partial charge in [0.2, 0.25) is 0 Å². The Labute approximate surface area is 118 Å². The minimum atomic E-state index is -3.66. The lowest BCUT2D eigenvalue weighted by atomic mass is 10.3. The van der Waals surface area contributed by atoms with Crippen LogP contribution in [0, 0.1) is 20.8 Å². The van der Waals surface area contributed by atoms with Crippen molar-refractivity contribution < 1.29 is 8.42 Å². The van der Waals surface area contributed by atoms with E-state index in [1.165, 1.54) is 0 Å². The van der Waals surface area contributed by atoms with Gasteiger partial charge in [0.25, 0.3) is 10.0 Å². The number of anilines is 1. The molecule has 0 fully saturated rings. The minimum Gasteiger partial charge on any atom is -0.278 e. The highest BCUT2D eigenvalue weighted by molar-refractivity contribution is 7.92. The molecule has 20 heavy (non-hydrogen) atoms. The van der Waals surface area contributed by atoms with E-state index in [2.05, 4.69) is 14.8 Å². The van der Waals surface area contributed by atoms with Crippen LogP contribution >= 0.6 is 0 Å². The summed E-state index contributed by atoms with van der Waals surface area (Å²) in [7, 11) is -3.66. The Hall–Kier alpha value is -1.89. The Morgan fingerprint density at radius 1 is 1.25 bits per heavy atom. The zero-order valence-corrected chi connectivity index (χ0v) is 12.8. The molecule has 2 aromatic rings. The standard InChI is InChI=1S/C13H18N4O2S/c1-5-17-11(4)13(10(3)15-17)20(18,19)16-12-7-6-8-14-9(12)2/h6-8,16H,5H2,1-4H3. The van der Waals surface area contributed by atoms with Gasteiger partial charge in [-0.2, -0.15) is 5.10 Å². The molecular weight excluding hydrogens is 276 g/mol. The van der Waals surface area contributed by atoms with E-state index >= 15 is 0 Å². The van der Waals surface area contributed by atoms with Crippen molar-refractivity contribution in [2.75, 3.05) is 4.72 Å². The molecule has 2 heterocycles. The highest BCUT2D eigenvalue weighted by Gasteiger charge is 2.24. The Kier molecular flexibility index (Phi) is 3.80. The van der Waals surface area contributed by atoms with Gasteiger partial charge in [0.15, 0.2) is 0 Å². The number of rotatable bonds is 4. The van der Waals surface area contributed by atoms with Gasteiger partial charge in [-0.15, -0.1) is 0 Å². The molecule has 6 nitrogen and oxygen atoms in total. The molecule has 0 unspecified atom stereocenters. The molecule has 0 aliphatic carbocycles. The second kappa shape index (κ2) is 5.24. The Bertz CT molecular complexity index is 735. The van der Waals surface area contributed by atoms with Crippen LogP contribution in [0.5, 0.6) is 0 Å². The van der Waals surface area contributed by atoms with Crippen LogP contribution in [0.1, 0.15) is 24.0 Å². The topological polar surface area (TPSA) is 76.9 Å². The number of pyridine rings is 1. The molecule has 2 aromatic heterocycles. The van der Waals surface area contributed by atoms with Gasteiger partial charge >= 0.3 is 0 Å². The van der Waals surface area contributed by atoms with E-state index in [0.29, 0.717) is 29.3 Å². The van der Waals surface area contributed by atoms with Crippen molar-refractivity contribution in [2.24, 2.45) is 0 Å². The Morgan fingerprint density at radius 2 is 1.95 bits per heavy atom. The lowest BCUT2D eigenvalue weighted by Gasteiger charge is -2.10. The maximum atomic E-state index is 12.5. The molecule has 2 rings (SSSR count). The summed E-state index contributed by atoms with van der Waals surface area (Å²) >= 11 is 0. The average molecular weight is 294 g/mol. The fourth-order valence-electron chi connectivity index (χ4n) is 2.17. The lowest BCUT2D eigenvalue weighted by molar-refractivity contribution is 0.598. The largest absolute Gasteiger partial charge is 0.278 e. The van der Waals surface area contributed by atoms with E-state index < -0.39 is 10.0 Å². The second-order valence-corrected chi connectivity index (χ2v) is 6.18. The van der Waals surface area contributed by atoms with Crippen molar-refractivity contribution in [2.45, 2.75) is 39.1 Å². The van der Waals surface area contributed by atoms with Crippen molar-refractivity contribution in [1.29, 1.82) is 0 Å². The van der Waals surface area contributed by atoms with Gasteiger partial charge in [-0.1, -0.05) is 0 Å². The maximum Gasteiger partial charge on any atom is 0.265 e. The summed E-state index contributed by atoms with van der Waals surface area (Å²) in [6.45, 7) is 7.77. The highest BCUT2D eigenvalue weighted by Crippen LogP contribution is 2.23. The minimum absolute atomic E-state index is 0.239. The zero-order valence-electron chi connectivity index (χ0n) is 12.0. The summed E-state index contributed by atoms with van der Waals surface area (Å²) in [4.78, 5) is 4.31. The van der Waals surface area contributed by atoms with Crippen LogP contribution in [-0.2, 0) is 16.6 Å². The fourth-order valence-corrected chi connectivity index (χ4v) is 3.70. The monoisotopic (exact) mass is 294 g/mol. The number of hydrogen-bond donors (Lipinski definition) is 1. The van der Waals surface area contributed by atoms with Gasteiger partial charge in [0.1, 0.15) is 4.90 Å². The number of aromatic nitrogens is 3. The van der Waals surface area contributed by atoms with Gasteiger partial charge in [-0.25, -0.2) is 8.42 Å². The molecule has 0 saturated heterocycles. The van der Waals surface area contributed by atoms with Crippen LogP contribution in [0.4, 0.5) is 5.69 Å². The summed E-state index contributed by atoms with van der Waals surface area (Å²) in [5.74, 6) is 0. The van der Waals surface area contributed by atoms with Crippen LogP contribution in [0.15, 0.2) is 23.2 Å². The zero-order chi connectivity index (χ0) is 14.9. The predicted octanol–water partition coefficient (Wildman–Crippen LogP) is 2.02. The molecule has 0 aromatic carbocycles. The average Bonchev–Trinajstić information content (AvgIpc) is 2.67. The molecule has 0 spiro atoms. The van der Waals surface area contributed by atoms with Crippen molar-refractivity contribution in [3.05, 3.63) is 35.4 Å². The molecule has 0 atom stereocenters. The summed E-state index contributed by atoms with van der Waals surface area (Å²) in [5, 5.41) is 4.24. The summed E-state index contributed by atoms with van der Waals surface area (Å²) in [5.41, 5.74) is 2.25. The molecule has 7 heteroatoms. The van der Waals surface area contributed by atoms with E-state index in [4.69, 9.17) is 0 Å². The third kappa shape index (κ3) is 2.53. The van der Waals surface area contributed by atoms with E-state index in [-0.39, 0.29) is 4.90 Å². The summed E-state index contributed by atoms with van der Waals surface area (Å²) < 4.78 is 29.3. The third-order valence-corrected chi connectivity index (χ3v) is 4.75. The third-order valence-electron chi connectivity index (χ3n) is 3.13. The van der Waals surface area contributed by atoms with Crippen molar-refractivity contribution in [1.82, 2.24) is 14.8 Å². The maximum absolute atomic E-state index is 12.5. The Balaban J connectivity index is 2.47. The van der Waals surface area contributed by atoms with Crippen LogP contribution in [0.25, 0.3) is 0 Å². The van der Waals surface area contributed by atoms with E-state index in [0.717, 1.165) is 0 Å². The first kappa shape index (κ1) is 14.5. The fraction of sp³-hybridized carbons (Fsp3) is 0.385. The first-order valence-electron chi connectivity index (χ1n) is 6.35. The smallest absolute Gasteiger partial charge is 0.265 e. The van der Waals surface area contributed by atoms with Crippen LogP contribution < -0.4 is 4.72 Å². The van der Waals surface area contributed by atoms with Gasteiger partial charge < -0.3 is 0 Å². The molecule has 0 saturated carbocycles. The quantitative estimate of drug-likeness (QED) is 0.936. The highest BCUT2D eigenvalue weighted by atomic mass is 32.2. The first-order valence-corrected chi connectivity index (χ1v) is 7.83. The predicted molar refractivity (Wildman–Crippen MR) is 77.2 cm³/mol. The molecule has 0 aliphatic heterocycles. The van der Waals surface area contributed by atoms with Gasteiger partial charge in [-0.3, -0.25) is 14.4 Å². The molecule has 0 radical (unpaired) electrons. The van der Waals surface area contributed by atoms with Gasteiger partial charge in [-0.05, 0) is 39.8 Å². The molecule has 0 amide bonds. The Morgan fingerprint density at radius 3 is 2.50 bits per heavy atom. The normalized spacial score (nSPS) is 11.6. The van der Waals surface area contributed by atoms with Crippen LogP contribution in [0.2, 0.25) is 0 Å². The van der Waals surface area contributed by atoms with Crippen molar-refractivity contribution in [3.8, 4) is 0 Å². The number of hydrogen-bond acceptors (Lipinski definition) is 4. The van der Waals surface area contributed by atoms with E-state index in [1.54, 1.807) is 43.8 Å². The van der Waals surface area contributed by atoms with Crippen LogP contribution in [-0.4, -0.2) is 23.2 Å². The number of nitrogens with one attached hydrogen (secondary N) is 1. The molecule has 108 valence electrons. The van der Waals surface area contributed by atoms with Gasteiger partial charge in [0, 0.05) is 12.7 Å². The number of sulfonamides is 1. The van der Waals surface area contributed by atoms with Gasteiger partial charge in [0.05, 0.1) is 22.8 Å².